The minimum absolute atomic E-state index is 0.0278. The summed E-state index contributed by atoms with van der Waals surface area (Å²) in [6.07, 6.45) is 1.51. The molecule has 1 saturated heterocycles. The van der Waals surface area contributed by atoms with E-state index in [2.05, 4.69) is 0 Å². The van der Waals surface area contributed by atoms with Crippen molar-refractivity contribution >= 4 is 15.9 Å². The van der Waals surface area contributed by atoms with Crippen molar-refractivity contribution < 1.29 is 22.7 Å². The number of carbonyl (C=O) groups is 1. The fourth-order valence-corrected chi connectivity index (χ4v) is 3.14. The first-order chi connectivity index (χ1) is 9.86. The van der Waals surface area contributed by atoms with Crippen LogP contribution < -0.4 is 0 Å². The molecule has 2 rings (SSSR count). The number of furan rings is 1. The Hall–Kier alpha value is -1.38. The van der Waals surface area contributed by atoms with Crippen molar-refractivity contribution in [3.63, 3.8) is 0 Å². The van der Waals surface area contributed by atoms with Crippen molar-refractivity contribution in [3.05, 3.63) is 17.9 Å². The van der Waals surface area contributed by atoms with E-state index in [9.17, 15) is 13.2 Å². The molecule has 1 unspecified atom stereocenters. The Morgan fingerprint density at radius 3 is 2.81 bits per heavy atom. The fourth-order valence-electron chi connectivity index (χ4n) is 2.34. The first-order valence-electron chi connectivity index (χ1n) is 6.78. The molecule has 1 fully saturated rings. The zero-order valence-corrected chi connectivity index (χ0v) is 13.0. The molecule has 7 nitrogen and oxygen atoms in total. The molecule has 1 aliphatic heterocycles. The lowest BCUT2D eigenvalue weighted by molar-refractivity contribution is 0.0747. The lowest BCUT2D eigenvalue weighted by atomic mass is 10.1. The molecule has 0 saturated carbocycles. The average Bonchev–Trinajstić information content (AvgIpc) is 3.07. The molecule has 2 heterocycles. The average molecular weight is 316 g/mol. The monoisotopic (exact) mass is 316 g/mol. The molecular formula is C13H20N2O5S. The lowest BCUT2D eigenvalue weighted by Crippen LogP contribution is -2.28. The van der Waals surface area contributed by atoms with E-state index >= 15 is 0 Å². The Kier molecular flexibility index (Phi) is 4.70. The van der Waals surface area contributed by atoms with E-state index in [4.69, 9.17) is 9.52 Å². The van der Waals surface area contributed by atoms with Crippen LogP contribution in [0.1, 0.15) is 23.4 Å². The Bertz CT molecular complexity index is 608. The Morgan fingerprint density at radius 2 is 2.19 bits per heavy atom. The summed E-state index contributed by atoms with van der Waals surface area (Å²) in [6.45, 7) is 1.27. The number of amides is 1. The van der Waals surface area contributed by atoms with Crippen molar-refractivity contribution in [2.45, 2.75) is 17.9 Å². The molecule has 118 valence electrons. The fraction of sp³-hybridized carbons (Fsp3) is 0.615. The molecule has 0 spiro atoms. The quantitative estimate of drug-likeness (QED) is 0.848. The van der Waals surface area contributed by atoms with Crippen LogP contribution in [0.2, 0.25) is 0 Å². The smallest absolute Gasteiger partial charge is 0.289 e. The number of aliphatic hydroxyl groups is 1. The molecule has 1 aliphatic rings. The van der Waals surface area contributed by atoms with Crippen LogP contribution >= 0.6 is 0 Å². The Balaban J connectivity index is 2.10. The van der Waals surface area contributed by atoms with Gasteiger partial charge in [-0.3, -0.25) is 4.79 Å². The number of likely N-dealkylation sites (tertiary alicyclic amines) is 1. The number of sulfonamides is 1. The van der Waals surface area contributed by atoms with Gasteiger partial charge in [0, 0.05) is 33.8 Å². The number of hydrogen-bond acceptors (Lipinski definition) is 5. The van der Waals surface area contributed by atoms with Gasteiger partial charge in [-0.15, -0.1) is 0 Å². The van der Waals surface area contributed by atoms with Crippen LogP contribution in [0, 0.1) is 5.92 Å². The highest BCUT2D eigenvalue weighted by Crippen LogP contribution is 2.23. The molecule has 0 radical (unpaired) electrons. The van der Waals surface area contributed by atoms with Crippen LogP contribution in [0.25, 0.3) is 0 Å². The summed E-state index contributed by atoms with van der Waals surface area (Å²) in [7, 11) is -0.865. The molecule has 1 aromatic heterocycles. The third-order valence-corrected chi connectivity index (χ3v) is 5.33. The molecule has 1 aromatic rings. The van der Waals surface area contributed by atoms with Crippen LogP contribution in [-0.4, -0.2) is 62.4 Å². The van der Waals surface area contributed by atoms with Gasteiger partial charge >= 0.3 is 0 Å². The summed E-state index contributed by atoms with van der Waals surface area (Å²) in [5.74, 6) is 0.00890. The predicted molar refractivity (Wildman–Crippen MR) is 75.3 cm³/mol. The van der Waals surface area contributed by atoms with E-state index in [1.165, 1.54) is 26.2 Å². The van der Waals surface area contributed by atoms with Gasteiger partial charge in [0.05, 0.1) is 0 Å². The van der Waals surface area contributed by atoms with E-state index < -0.39 is 10.0 Å². The highest BCUT2D eigenvalue weighted by atomic mass is 32.2. The molecule has 0 bridgehead atoms. The molecule has 8 heteroatoms. The van der Waals surface area contributed by atoms with Crippen molar-refractivity contribution in [3.8, 4) is 0 Å². The first-order valence-corrected chi connectivity index (χ1v) is 8.22. The van der Waals surface area contributed by atoms with E-state index in [0.717, 1.165) is 10.7 Å². The highest BCUT2D eigenvalue weighted by Gasteiger charge is 2.30. The second-order valence-corrected chi connectivity index (χ2v) is 7.41. The van der Waals surface area contributed by atoms with Gasteiger partial charge in [-0.25, -0.2) is 12.7 Å². The summed E-state index contributed by atoms with van der Waals surface area (Å²) in [4.78, 5) is 13.9. The van der Waals surface area contributed by atoms with E-state index in [1.807, 2.05) is 0 Å². The van der Waals surface area contributed by atoms with E-state index in [1.54, 1.807) is 4.90 Å². The summed E-state index contributed by atoms with van der Waals surface area (Å²) < 4.78 is 30.1. The summed E-state index contributed by atoms with van der Waals surface area (Å²) in [5, 5.41) is 8.69. The SMILES string of the molecule is CN(C)S(=O)(=O)c1ccc(C(=O)N2CCC(CCO)C2)o1. The largest absolute Gasteiger partial charge is 0.438 e. The lowest BCUT2D eigenvalue weighted by Gasteiger charge is -2.14. The molecule has 0 aliphatic carbocycles. The topological polar surface area (TPSA) is 91.1 Å². The van der Waals surface area contributed by atoms with E-state index in [0.29, 0.717) is 25.4 Å². The van der Waals surface area contributed by atoms with Crippen LogP contribution in [0.15, 0.2) is 21.6 Å². The zero-order chi connectivity index (χ0) is 15.6. The maximum Gasteiger partial charge on any atom is 0.289 e. The van der Waals surface area contributed by atoms with Crippen molar-refractivity contribution in [1.82, 2.24) is 9.21 Å². The second kappa shape index (κ2) is 6.17. The Labute approximate surface area is 124 Å². The number of aliphatic hydroxyl groups excluding tert-OH is 1. The highest BCUT2D eigenvalue weighted by molar-refractivity contribution is 7.88. The van der Waals surface area contributed by atoms with Gasteiger partial charge in [-0.05, 0) is 30.9 Å². The minimum atomic E-state index is -3.67. The standard InChI is InChI=1S/C13H20N2O5S/c1-14(2)21(18,19)12-4-3-11(20-12)13(17)15-7-5-10(9-15)6-8-16/h3-4,10,16H,5-9H2,1-2H3. The van der Waals surface area contributed by atoms with Crippen molar-refractivity contribution in [2.24, 2.45) is 5.92 Å². The van der Waals surface area contributed by atoms with Gasteiger partial charge in [0.25, 0.3) is 15.9 Å². The summed E-state index contributed by atoms with van der Waals surface area (Å²) in [6, 6.07) is 2.68. The van der Waals surface area contributed by atoms with Gasteiger partial charge in [-0.1, -0.05) is 0 Å². The van der Waals surface area contributed by atoms with Gasteiger partial charge < -0.3 is 14.4 Å². The van der Waals surface area contributed by atoms with Crippen LogP contribution in [0.5, 0.6) is 0 Å². The summed E-state index contributed by atoms with van der Waals surface area (Å²) in [5.41, 5.74) is 0. The van der Waals surface area contributed by atoms with Crippen LogP contribution in [0.3, 0.4) is 0 Å². The molecule has 21 heavy (non-hydrogen) atoms. The third-order valence-electron chi connectivity index (χ3n) is 3.64. The zero-order valence-electron chi connectivity index (χ0n) is 12.2. The van der Waals surface area contributed by atoms with Crippen molar-refractivity contribution in [2.75, 3.05) is 33.8 Å². The van der Waals surface area contributed by atoms with Gasteiger partial charge in [0.1, 0.15) is 0 Å². The van der Waals surface area contributed by atoms with Gasteiger partial charge in [0.15, 0.2) is 5.76 Å². The van der Waals surface area contributed by atoms with Gasteiger partial charge in [-0.2, -0.15) is 0 Å². The molecular weight excluding hydrogens is 296 g/mol. The molecule has 1 amide bonds. The number of hydrogen-bond donors (Lipinski definition) is 1. The normalized spacial score (nSPS) is 19.4. The van der Waals surface area contributed by atoms with Crippen LogP contribution in [-0.2, 0) is 10.0 Å². The number of carbonyl (C=O) groups excluding carboxylic acids is 1. The number of nitrogens with zero attached hydrogens (tertiary/aromatic N) is 2. The molecule has 0 aromatic carbocycles. The first kappa shape index (κ1) is 16.0. The van der Waals surface area contributed by atoms with Gasteiger partial charge in [0.2, 0.25) is 5.09 Å². The Morgan fingerprint density at radius 1 is 1.48 bits per heavy atom. The third kappa shape index (κ3) is 3.28. The number of rotatable bonds is 5. The van der Waals surface area contributed by atoms with Crippen LogP contribution in [0.4, 0.5) is 0 Å². The van der Waals surface area contributed by atoms with E-state index in [-0.39, 0.29) is 23.4 Å². The molecule has 1 N–H and O–H groups in total. The summed E-state index contributed by atoms with van der Waals surface area (Å²) >= 11 is 0. The molecule has 1 atom stereocenters. The second-order valence-electron chi connectivity index (χ2n) is 5.32. The van der Waals surface area contributed by atoms with Crippen molar-refractivity contribution in [1.29, 1.82) is 0 Å². The maximum absolute atomic E-state index is 12.3. The predicted octanol–water partition coefficient (Wildman–Crippen LogP) is 0.374. The minimum Gasteiger partial charge on any atom is -0.438 e. The maximum atomic E-state index is 12.3.